The molecule has 17 heavy (non-hydrogen) atoms. The van der Waals surface area contributed by atoms with Gasteiger partial charge in [0.1, 0.15) is 12.4 Å². The lowest BCUT2D eigenvalue weighted by atomic mass is 10.3. The number of para-hydroxylation sites is 1. The summed E-state index contributed by atoms with van der Waals surface area (Å²) in [6.07, 6.45) is 1.05. The van der Waals surface area contributed by atoms with Crippen LogP contribution < -0.4 is 10.5 Å². The van der Waals surface area contributed by atoms with Gasteiger partial charge in [0, 0.05) is 12.6 Å². The Morgan fingerprint density at radius 3 is 2.47 bits per heavy atom. The van der Waals surface area contributed by atoms with Crippen molar-refractivity contribution in [3.63, 3.8) is 0 Å². The molecule has 96 valence electrons. The van der Waals surface area contributed by atoms with E-state index in [1.807, 2.05) is 30.3 Å². The molecule has 2 N–H and O–H groups in total. The van der Waals surface area contributed by atoms with Crippen LogP contribution in [0, 0.1) is 0 Å². The lowest BCUT2D eigenvalue weighted by molar-refractivity contribution is 0.175. The second kappa shape index (κ2) is 8.09. The molecule has 0 radical (unpaired) electrons. The Bertz CT molecular complexity index is 288. The van der Waals surface area contributed by atoms with E-state index in [-0.39, 0.29) is 0 Å². The summed E-state index contributed by atoms with van der Waals surface area (Å²) in [7, 11) is 0. The first-order valence-electron chi connectivity index (χ1n) is 6.36. The molecular weight excluding hydrogens is 212 g/mol. The lowest BCUT2D eigenvalue weighted by Crippen LogP contribution is -2.36. The van der Waals surface area contributed by atoms with E-state index < -0.39 is 0 Å². The van der Waals surface area contributed by atoms with Crippen LogP contribution in [0.4, 0.5) is 0 Å². The molecule has 0 aromatic heterocycles. The largest absolute Gasteiger partial charge is 0.492 e. The maximum absolute atomic E-state index is 5.69. The average Bonchev–Trinajstić information content (AvgIpc) is 2.34. The van der Waals surface area contributed by atoms with Gasteiger partial charge >= 0.3 is 0 Å². The molecule has 0 aliphatic rings. The van der Waals surface area contributed by atoms with Crippen LogP contribution in [-0.4, -0.2) is 37.2 Å². The van der Waals surface area contributed by atoms with Crippen molar-refractivity contribution in [3.8, 4) is 5.75 Å². The minimum absolute atomic E-state index is 0.543. The van der Waals surface area contributed by atoms with Crippen LogP contribution in [-0.2, 0) is 0 Å². The van der Waals surface area contributed by atoms with Gasteiger partial charge in [-0.15, -0.1) is 0 Å². The molecule has 0 aliphatic carbocycles. The Hall–Kier alpha value is -1.06. The summed E-state index contributed by atoms with van der Waals surface area (Å²) in [6.45, 7) is 7.90. The molecule has 0 spiro atoms. The number of ether oxygens (including phenoxy) is 1. The smallest absolute Gasteiger partial charge is 0.119 e. The Morgan fingerprint density at radius 2 is 1.88 bits per heavy atom. The number of nitrogens with zero attached hydrogens (tertiary/aromatic N) is 1. The van der Waals surface area contributed by atoms with E-state index in [1.165, 1.54) is 0 Å². The fraction of sp³-hybridized carbons (Fsp3) is 0.571. The summed E-state index contributed by atoms with van der Waals surface area (Å²) in [6, 6.07) is 10.5. The van der Waals surface area contributed by atoms with Crippen molar-refractivity contribution in [1.29, 1.82) is 0 Å². The maximum Gasteiger partial charge on any atom is 0.119 e. The number of benzene rings is 1. The molecule has 0 unspecified atom stereocenters. The standard InChI is InChI=1S/C14H24N2O/c1-13(2)16(10-6-9-15)11-12-17-14-7-4-3-5-8-14/h3-5,7-8,13H,6,9-12,15H2,1-2H3. The minimum Gasteiger partial charge on any atom is -0.492 e. The fourth-order valence-corrected chi connectivity index (χ4v) is 1.72. The zero-order chi connectivity index (χ0) is 12.5. The molecule has 1 rings (SSSR count). The number of rotatable bonds is 8. The van der Waals surface area contributed by atoms with Gasteiger partial charge in [0.25, 0.3) is 0 Å². The quantitative estimate of drug-likeness (QED) is 0.751. The summed E-state index contributed by atoms with van der Waals surface area (Å²) < 4.78 is 5.69. The summed E-state index contributed by atoms with van der Waals surface area (Å²) >= 11 is 0. The van der Waals surface area contributed by atoms with Gasteiger partial charge in [-0.3, -0.25) is 4.90 Å². The highest BCUT2D eigenvalue weighted by molar-refractivity contribution is 5.20. The van der Waals surface area contributed by atoms with Crippen molar-refractivity contribution < 1.29 is 4.74 Å². The molecule has 0 amide bonds. The Kier molecular flexibility index (Phi) is 6.67. The highest BCUT2D eigenvalue weighted by Gasteiger charge is 2.08. The minimum atomic E-state index is 0.543. The van der Waals surface area contributed by atoms with Crippen LogP contribution in [0.3, 0.4) is 0 Å². The topological polar surface area (TPSA) is 38.5 Å². The number of nitrogens with two attached hydrogens (primary N) is 1. The van der Waals surface area contributed by atoms with E-state index in [2.05, 4.69) is 18.7 Å². The van der Waals surface area contributed by atoms with Crippen LogP contribution >= 0.6 is 0 Å². The molecule has 0 heterocycles. The van der Waals surface area contributed by atoms with E-state index in [9.17, 15) is 0 Å². The predicted octanol–water partition coefficient (Wildman–Crippen LogP) is 2.12. The second-order valence-electron chi connectivity index (χ2n) is 4.43. The molecule has 0 aliphatic heterocycles. The van der Waals surface area contributed by atoms with E-state index in [0.29, 0.717) is 6.04 Å². The van der Waals surface area contributed by atoms with E-state index >= 15 is 0 Å². The van der Waals surface area contributed by atoms with Gasteiger partial charge in [0.15, 0.2) is 0 Å². The van der Waals surface area contributed by atoms with Crippen molar-refractivity contribution in [3.05, 3.63) is 30.3 Å². The Morgan fingerprint density at radius 1 is 1.18 bits per heavy atom. The van der Waals surface area contributed by atoms with E-state index in [1.54, 1.807) is 0 Å². The van der Waals surface area contributed by atoms with Gasteiger partial charge in [0.05, 0.1) is 0 Å². The average molecular weight is 236 g/mol. The third-order valence-electron chi connectivity index (χ3n) is 2.77. The van der Waals surface area contributed by atoms with Gasteiger partial charge in [-0.1, -0.05) is 18.2 Å². The van der Waals surface area contributed by atoms with Crippen LogP contribution in [0.5, 0.6) is 5.75 Å². The number of hydrogen-bond acceptors (Lipinski definition) is 3. The van der Waals surface area contributed by atoms with Gasteiger partial charge < -0.3 is 10.5 Å². The van der Waals surface area contributed by atoms with Gasteiger partial charge in [-0.25, -0.2) is 0 Å². The van der Waals surface area contributed by atoms with Crippen molar-refractivity contribution >= 4 is 0 Å². The van der Waals surface area contributed by atoms with Gasteiger partial charge in [-0.2, -0.15) is 0 Å². The molecule has 3 heteroatoms. The number of hydrogen-bond donors (Lipinski definition) is 1. The summed E-state index contributed by atoms with van der Waals surface area (Å²) in [5.41, 5.74) is 5.54. The molecule has 0 saturated carbocycles. The maximum atomic E-state index is 5.69. The van der Waals surface area contributed by atoms with Crippen molar-refractivity contribution in [2.45, 2.75) is 26.3 Å². The normalized spacial score (nSPS) is 11.1. The SMILES string of the molecule is CC(C)N(CCCN)CCOc1ccccc1. The lowest BCUT2D eigenvalue weighted by Gasteiger charge is -2.26. The zero-order valence-electron chi connectivity index (χ0n) is 10.9. The molecule has 0 bridgehead atoms. The first-order chi connectivity index (χ1) is 8.24. The molecule has 3 nitrogen and oxygen atoms in total. The van der Waals surface area contributed by atoms with Crippen molar-refractivity contribution in [2.24, 2.45) is 5.73 Å². The van der Waals surface area contributed by atoms with E-state index in [0.717, 1.165) is 38.4 Å². The van der Waals surface area contributed by atoms with Crippen LogP contribution in [0.15, 0.2) is 30.3 Å². The van der Waals surface area contributed by atoms with Crippen LogP contribution in [0.1, 0.15) is 20.3 Å². The zero-order valence-corrected chi connectivity index (χ0v) is 10.9. The Balaban J connectivity index is 2.27. The monoisotopic (exact) mass is 236 g/mol. The Labute approximate surface area is 105 Å². The van der Waals surface area contributed by atoms with Gasteiger partial charge in [0.2, 0.25) is 0 Å². The summed E-state index contributed by atoms with van der Waals surface area (Å²) in [5.74, 6) is 0.940. The molecule has 0 fully saturated rings. The molecule has 0 atom stereocenters. The van der Waals surface area contributed by atoms with Crippen LogP contribution in [0.25, 0.3) is 0 Å². The molecular formula is C14H24N2O. The molecule has 0 saturated heterocycles. The fourth-order valence-electron chi connectivity index (χ4n) is 1.72. The second-order valence-corrected chi connectivity index (χ2v) is 4.43. The van der Waals surface area contributed by atoms with Gasteiger partial charge in [-0.05, 0) is 45.5 Å². The summed E-state index contributed by atoms with van der Waals surface area (Å²) in [4.78, 5) is 2.40. The molecule has 1 aromatic carbocycles. The highest BCUT2D eigenvalue weighted by atomic mass is 16.5. The van der Waals surface area contributed by atoms with Crippen molar-refractivity contribution in [1.82, 2.24) is 4.90 Å². The van der Waals surface area contributed by atoms with Crippen molar-refractivity contribution in [2.75, 3.05) is 26.2 Å². The van der Waals surface area contributed by atoms with Crippen LogP contribution in [0.2, 0.25) is 0 Å². The first-order valence-corrected chi connectivity index (χ1v) is 6.36. The third-order valence-corrected chi connectivity index (χ3v) is 2.77. The summed E-state index contributed by atoms with van der Waals surface area (Å²) in [5, 5.41) is 0. The third kappa shape index (κ3) is 5.71. The predicted molar refractivity (Wildman–Crippen MR) is 72.3 cm³/mol. The molecule has 1 aromatic rings. The highest BCUT2D eigenvalue weighted by Crippen LogP contribution is 2.08. The van der Waals surface area contributed by atoms with E-state index in [4.69, 9.17) is 10.5 Å². The first kappa shape index (κ1) is 14.0.